The number of hydroxylamine groups is 1. The van der Waals surface area contributed by atoms with Crippen molar-refractivity contribution < 1.29 is 19.5 Å². The summed E-state index contributed by atoms with van der Waals surface area (Å²) in [5.41, 5.74) is 2.17. The van der Waals surface area contributed by atoms with Crippen LogP contribution in [0.15, 0.2) is 22.7 Å². The molecule has 0 unspecified atom stereocenters. The van der Waals surface area contributed by atoms with E-state index in [1.165, 1.54) is 0 Å². The molecular formula is C9H7BrClNO4. The molecule has 0 bridgehead atoms. The lowest BCUT2D eigenvalue weighted by atomic mass is 10.2. The molecule has 0 aliphatic rings. The van der Waals surface area contributed by atoms with Gasteiger partial charge in [-0.1, -0.05) is 17.7 Å². The Morgan fingerprint density at radius 2 is 2.19 bits per heavy atom. The van der Waals surface area contributed by atoms with Crippen LogP contribution in [0.25, 0.3) is 0 Å². The molecule has 0 radical (unpaired) electrons. The lowest BCUT2D eigenvalue weighted by Crippen LogP contribution is -2.27. The summed E-state index contributed by atoms with van der Waals surface area (Å²) in [6.45, 7) is -0.617. The van der Waals surface area contributed by atoms with Crippen molar-refractivity contribution in [3.8, 4) is 0 Å². The maximum Gasteiger partial charge on any atom is 0.332 e. The Hall–Kier alpha value is -1.11. The van der Waals surface area contributed by atoms with E-state index in [1.54, 1.807) is 18.2 Å². The van der Waals surface area contributed by atoms with Gasteiger partial charge in [-0.15, -0.1) is 0 Å². The Morgan fingerprint density at radius 1 is 1.50 bits per heavy atom. The van der Waals surface area contributed by atoms with E-state index >= 15 is 0 Å². The minimum Gasteiger partial charge on any atom is -0.479 e. The highest BCUT2D eigenvalue weighted by molar-refractivity contribution is 9.10. The average Bonchev–Trinajstić information content (AvgIpc) is 2.16. The van der Waals surface area contributed by atoms with Crippen LogP contribution in [0.1, 0.15) is 10.4 Å². The smallest absolute Gasteiger partial charge is 0.332 e. The molecule has 0 fully saturated rings. The molecule has 0 aliphatic carbocycles. The predicted molar refractivity (Wildman–Crippen MR) is 60.2 cm³/mol. The van der Waals surface area contributed by atoms with Crippen LogP contribution in [0.4, 0.5) is 0 Å². The van der Waals surface area contributed by atoms with Crippen LogP contribution in [-0.4, -0.2) is 23.6 Å². The van der Waals surface area contributed by atoms with Crippen LogP contribution >= 0.6 is 27.5 Å². The van der Waals surface area contributed by atoms with Crippen LogP contribution < -0.4 is 5.48 Å². The maximum absolute atomic E-state index is 11.5. The van der Waals surface area contributed by atoms with Crippen molar-refractivity contribution in [2.75, 3.05) is 6.61 Å². The van der Waals surface area contributed by atoms with Gasteiger partial charge in [0.1, 0.15) is 0 Å². The van der Waals surface area contributed by atoms with Crippen molar-refractivity contribution in [3.63, 3.8) is 0 Å². The summed E-state index contributed by atoms with van der Waals surface area (Å²) in [5.74, 6) is -1.79. The Balaban J connectivity index is 2.70. The third kappa shape index (κ3) is 3.48. The maximum atomic E-state index is 11.5. The lowest BCUT2D eigenvalue weighted by molar-refractivity contribution is -0.144. The number of carbonyl (C=O) groups is 2. The molecule has 1 rings (SSSR count). The number of halogens is 2. The molecule has 0 saturated heterocycles. The molecular weight excluding hydrogens is 301 g/mol. The van der Waals surface area contributed by atoms with Gasteiger partial charge >= 0.3 is 5.97 Å². The Labute approximate surface area is 104 Å². The first-order chi connectivity index (χ1) is 7.52. The minimum absolute atomic E-state index is 0.189. The monoisotopic (exact) mass is 307 g/mol. The number of carboxylic acid groups (broad SMARTS) is 1. The standard InChI is InChI=1S/C9H7BrClNO4/c10-5-2-1-3-6(11)8(5)9(15)12-16-4-7(13)14/h1-3H,4H2,(H,12,15)(H,13,14). The van der Waals surface area contributed by atoms with Gasteiger partial charge in [-0.05, 0) is 28.1 Å². The SMILES string of the molecule is O=C(O)CONC(=O)c1c(Cl)cccc1Br. The van der Waals surface area contributed by atoms with Crippen molar-refractivity contribution in [1.82, 2.24) is 5.48 Å². The van der Waals surface area contributed by atoms with Crippen molar-refractivity contribution in [1.29, 1.82) is 0 Å². The summed E-state index contributed by atoms with van der Waals surface area (Å²) in [5, 5.41) is 8.54. The molecule has 5 nitrogen and oxygen atoms in total. The number of aliphatic carboxylic acids is 1. The zero-order valence-electron chi connectivity index (χ0n) is 7.87. The van der Waals surface area contributed by atoms with Crippen LogP contribution in [0.3, 0.4) is 0 Å². The van der Waals surface area contributed by atoms with Gasteiger partial charge in [0, 0.05) is 4.47 Å². The van der Waals surface area contributed by atoms with E-state index in [2.05, 4.69) is 20.8 Å². The largest absolute Gasteiger partial charge is 0.479 e. The second kappa shape index (κ2) is 5.83. The molecule has 0 aliphatic heterocycles. The normalized spacial score (nSPS) is 9.88. The highest BCUT2D eigenvalue weighted by atomic mass is 79.9. The summed E-state index contributed by atoms with van der Waals surface area (Å²) >= 11 is 8.95. The van der Waals surface area contributed by atoms with Gasteiger partial charge in [-0.2, -0.15) is 0 Å². The molecule has 1 aromatic rings. The Kier molecular flexibility index (Phi) is 4.72. The summed E-state index contributed by atoms with van der Waals surface area (Å²) in [6.07, 6.45) is 0. The third-order valence-electron chi connectivity index (χ3n) is 1.55. The summed E-state index contributed by atoms with van der Waals surface area (Å²) < 4.78 is 0.497. The van der Waals surface area contributed by atoms with Crippen LogP contribution in [0, 0.1) is 0 Å². The van der Waals surface area contributed by atoms with E-state index in [4.69, 9.17) is 16.7 Å². The Bertz CT molecular complexity index is 404. The number of amides is 1. The zero-order valence-corrected chi connectivity index (χ0v) is 10.2. The van der Waals surface area contributed by atoms with Gasteiger partial charge in [0.25, 0.3) is 5.91 Å². The first-order valence-corrected chi connectivity index (χ1v) is 5.27. The fourth-order valence-electron chi connectivity index (χ4n) is 0.929. The van der Waals surface area contributed by atoms with Crippen LogP contribution in [0.5, 0.6) is 0 Å². The van der Waals surface area contributed by atoms with E-state index in [0.29, 0.717) is 4.47 Å². The second-order valence-corrected chi connectivity index (χ2v) is 3.97. The van der Waals surface area contributed by atoms with Gasteiger partial charge in [-0.25, -0.2) is 10.3 Å². The van der Waals surface area contributed by atoms with E-state index in [0.717, 1.165) is 0 Å². The minimum atomic E-state index is -1.18. The quantitative estimate of drug-likeness (QED) is 0.832. The highest BCUT2D eigenvalue weighted by Crippen LogP contribution is 2.24. The number of rotatable bonds is 4. The van der Waals surface area contributed by atoms with Gasteiger partial charge in [0.2, 0.25) is 0 Å². The van der Waals surface area contributed by atoms with Crippen molar-refractivity contribution in [2.45, 2.75) is 0 Å². The fraction of sp³-hybridized carbons (Fsp3) is 0.111. The first kappa shape index (κ1) is 13.0. The number of benzene rings is 1. The number of hydrogen-bond donors (Lipinski definition) is 2. The number of hydrogen-bond acceptors (Lipinski definition) is 3. The molecule has 1 amide bonds. The molecule has 0 aromatic heterocycles. The highest BCUT2D eigenvalue weighted by Gasteiger charge is 2.14. The van der Waals surface area contributed by atoms with Crippen molar-refractivity contribution in [2.24, 2.45) is 0 Å². The van der Waals surface area contributed by atoms with Crippen molar-refractivity contribution >= 4 is 39.4 Å². The molecule has 7 heteroatoms. The molecule has 0 heterocycles. The summed E-state index contributed by atoms with van der Waals surface area (Å²) in [6, 6.07) is 4.84. The number of nitrogens with one attached hydrogen (secondary N) is 1. The zero-order chi connectivity index (χ0) is 12.1. The summed E-state index contributed by atoms with van der Waals surface area (Å²) in [7, 11) is 0. The molecule has 2 N–H and O–H groups in total. The van der Waals surface area contributed by atoms with E-state index < -0.39 is 18.5 Å². The van der Waals surface area contributed by atoms with E-state index in [1.807, 2.05) is 5.48 Å². The topological polar surface area (TPSA) is 75.6 Å². The second-order valence-electron chi connectivity index (χ2n) is 2.71. The van der Waals surface area contributed by atoms with Crippen LogP contribution in [-0.2, 0) is 9.63 Å². The van der Waals surface area contributed by atoms with Gasteiger partial charge in [0.05, 0.1) is 10.6 Å². The molecule has 0 spiro atoms. The third-order valence-corrected chi connectivity index (χ3v) is 2.53. The number of carboxylic acids is 1. The predicted octanol–water partition coefficient (Wildman–Crippen LogP) is 1.85. The molecule has 0 atom stereocenters. The molecule has 1 aromatic carbocycles. The fourth-order valence-corrected chi connectivity index (χ4v) is 1.85. The van der Waals surface area contributed by atoms with Gasteiger partial charge in [0.15, 0.2) is 6.61 Å². The lowest BCUT2D eigenvalue weighted by Gasteiger charge is -2.07. The first-order valence-electron chi connectivity index (χ1n) is 4.10. The van der Waals surface area contributed by atoms with E-state index in [9.17, 15) is 9.59 Å². The van der Waals surface area contributed by atoms with E-state index in [-0.39, 0.29) is 10.6 Å². The average molecular weight is 309 g/mol. The summed E-state index contributed by atoms with van der Waals surface area (Å²) in [4.78, 5) is 26.1. The molecule has 0 saturated carbocycles. The number of carbonyl (C=O) groups excluding carboxylic acids is 1. The van der Waals surface area contributed by atoms with Crippen molar-refractivity contribution in [3.05, 3.63) is 33.3 Å². The molecule has 86 valence electrons. The van der Waals surface area contributed by atoms with Crippen LogP contribution in [0.2, 0.25) is 5.02 Å². The van der Waals surface area contributed by atoms with Gasteiger partial charge < -0.3 is 5.11 Å². The molecule has 16 heavy (non-hydrogen) atoms. The van der Waals surface area contributed by atoms with Gasteiger partial charge in [-0.3, -0.25) is 9.63 Å². The Morgan fingerprint density at radius 3 is 2.75 bits per heavy atom.